The molecule has 7 nitrogen and oxygen atoms in total. The lowest BCUT2D eigenvalue weighted by Gasteiger charge is -2.20. The van der Waals surface area contributed by atoms with Crippen LogP contribution in [-0.4, -0.2) is 20.1 Å². The monoisotopic (exact) mass is 1950 g/mol. The van der Waals surface area contributed by atoms with Gasteiger partial charge in [-0.05, 0) is 154 Å². The molecule has 10 heteroatoms. The molecule has 0 unspecified atom stereocenters. The molecule has 0 radical (unpaired) electrons. The molecule has 0 bridgehead atoms. The topological polar surface area (TPSA) is 110 Å². The van der Waals surface area contributed by atoms with Crippen molar-refractivity contribution in [3.8, 4) is 84.0 Å². The molecule has 27 rings (SSSR count). The smallest absolute Gasteiger partial charge is 0.171 e. The number of aryl methyl sites for hydroxylation is 1. The van der Waals surface area contributed by atoms with Crippen molar-refractivity contribution in [2.24, 2.45) is 0 Å². The number of phenols is 1. The largest absolute Gasteiger partial charge is 0.508 e. The predicted octanol–water partition coefficient (Wildman–Crippen LogP) is 32.5. The molecule has 0 saturated heterocycles. The van der Waals surface area contributed by atoms with Crippen molar-refractivity contribution in [3.05, 3.63) is 552 Å². The minimum Gasteiger partial charge on any atom is -0.508 e. The molecule has 0 atom stereocenters. The summed E-state index contributed by atoms with van der Waals surface area (Å²) in [7, 11) is -9.08. The van der Waals surface area contributed by atoms with Crippen molar-refractivity contribution in [3.63, 3.8) is 0 Å². The Morgan fingerprint density at radius 1 is 0.162 bits per heavy atom. The van der Waals surface area contributed by atoms with Gasteiger partial charge < -0.3 is 18.8 Å². The highest BCUT2D eigenvalue weighted by Crippen LogP contribution is 2.49. The van der Waals surface area contributed by atoms with Gasteiger partial charge in [-0.2, -0.15) is 0 Å². The highest BCUT2D eigenvalue weighted by atomic mass is 31.2. The number of rotatable bonds is 16. The van der Waals surface area contributed by atoms with Crippen LogP contribution < -0.4 is 47.7 Å². The fourth-order valence-electron chi connectivity index (χ4n) is 21.7. The number of benzene rings is 24. The molecule has 0 amide bonds. The zero-order valence-corrected chi connectivity index (χ0v) is 83.5. The van der Waals surface area contributed by atoms with E-state index in [2.05, 4.69) is 310 Å². The first-order valence-corrected chi connectivity index (χ1v) is 55.0. The zero-order chi connectivity index (χ0) is 99.4. The van der Waals surface area contributed by atoms with Crippen LogP contribution in [0.4, 0.5) is 0 Å². The molecule has 1 N–H and O–H groups in total. The Bertz CT molecular complexity index is 9490. The van der Waals surface area contributed by atoms with E-state index in [1.165, 1.54) is 75.9 Å². The Morgan fingerprint density at radius 2 is 0.378 bits per heavy atom. The number of hydrogen-bond acceptors (Lipinski definition) is 7. The minimum absolute atomic E-state index is 0.227. The first-order valence-electron chi connectivity index (χ1n) is 49.9. The summed E-state index contributed by atoms with van der Waals surface area (Å²) in [6.45, 7) is 2.14. The van der Waals surface area contributed by atoms with Crippen LogP contribution in [-0.2, 0) is 13.7 Å². The fraction of sp³-hybridized carbons (Fsp3) is 0.00725. The van der Waals surface area contributed by atoms with Gasteiger partial charge in [-0.3, -0.25) is 0 Å². The van der Waals surface area contributed by atoms with Gasteiger partial charge in [0.25, 0.3) is 0 Å². The normalized spacial score (nSPS) is 11.8. The van der Waals surface area contributed by atoms with Crippen LogP contribution in [0.25, 0.3) is 197 Å². The second-order valence-corrected chi connectivity index (χ2v) is 46.2. The molecular weight excluding hydrogens is 1860 g/mol. The summed E-state index contributed by atoms with van der Waals surface area (Å²) < 4.78 is 44.4. The van der Waals surface area contributed by atoms with Gasteiger partial charge in [0.15, 0.2) is 21.4 Å². The zero-order valence-electron chi connectivity index (χ0n) is 80.8. The molecule has 0 aliphatic heterocycles. The molecule has 0 saturated carbocycles. The molecule has 0 spiro atoms. The standard InChI is InChI=1S/C55H36NOP.C42H30NOP.C41H28NO2P/c57-58(45-13-3-1-4-14-45,46-15-5-2-6-16-46)47-31-27-38(28-32-47)37-19-24-42(25-20-37)55-50-33-29-40-12-8-10-18-49(40)54(50)52-36-44(30-34-53(52)56-55)43-26-23-41-22-21-39-11-7-9-17-48(39)51(41)35-43;1-29-16-27-40-39(28-29)41-37-15-9-8-10-32(37)23-26-38(41)42(43-40)33-19-17-30(18-20-33)31-21-24-36(25-22-31)45(44,34-11-4-2-5-12-34)35-13-6-3-7-14-35;43-32-22-26-39-38(27-32)40-36-14-8-7-9-30(36)21-25-37(40)41(42-39)31-17-15-28(16-18-31)29-19-23-35(24-20-29)45(44,33-10-3-1-4-11-33)34-12-5-2-6-13-34/h1-36H;2-28H,1H3;1-27,43H. The third kappa shape index (κ3) is 16.7. The molecule has 0 fully saturated rings. The van der Waals surface area contributed by atoms with Gasteiger partial charge in [0.05, 0.1) is 33.6 Å². The molecular formula is C138H94N3O4P3. The third-order valence-electron chi connectivity index (χ3n) is 29.2. The van der Waals surface area contributed by atoms with Crippen molar-refractivity contribution in [2.75, 3.05) is 0 Å². The lowest BCUT2D eigenvalue weighted by molar-refractivity contribution is 0.476. The first-order chi connectivity index (χ1) is 72.8. The number of nitrogens with zero attached hydrogens (tertiary/aromatic N) is 3. The molecule has 3 heterocycles. The van der Waals surface area contributed by atoms with Crippen molar-refractivity contribution in [2.45, 2.75) is 6.92 Å². The van der Waals surface area contributed by atoms with Crippen LogP contribution in [0.1, 0.15) is 5.56 Å². The SMILES string of the molecule is Cc1ccc2nc(-c3ccc(-c4ccc(P(=O)(c5ccccc5)c5ccccc5)cc4)cc3)c3ccc4ccccc4c3c2c1.O=P(c1ccccc1)(c1ccccc1)c1ccc(-c2ccc(-c3nc4ccc(-c5ccc6ccc7ccccc7c6c5)cc4c4c3ccc3ccccc34)cc2)cc1.O=P(c1ccccc1)(c1ccccc1)c1ccc(-c2ccc(-c3nc4ccc(O)cc4c4c3ccc3ccccc34)cc2)cc1. The average Bonchev–Trinajstić information content (AvgIpc) is 0.733. The van der Waals surface area contributed by atoms with Crippen molar-refractivity contribution in [1.29, 1.82) is 0 Å². The van der Waals surface area contributed by atoms with E-state index in [9.17, 15) is 18.8 Å². The Labute approximate surface area is 857 Å². The Kier molecular flexibility index (Phi) is 23.8. The van der Waals surface area contributed by atoms with Gasteiger partial charge in [-0.15, -0.1) is 0 Å². The van der Waals surface area contributed by atoms with E-state index >= 15 is 0 Å². The third-order valence-corrected chi connectivity index (χ3v) is 38.4. The van der Waals surface area contributed by atoms with E-state index in [0.717, 1.165) is 175 Å². The van der Waals surface area contributed by atoms with E-state index in [-0.39, 0.29) is 5.75 Å². The van der Waals surface area contributed by atoms with Crippen LogP contribution in [0.2, 0.25) is 0 Å². The van der Waals surface area contributed by atoms with E-state index < -0.39 is 21.4 Å². The van der Waals surface area contributed by atoms with E-state index in [1.54, 1.807) is 6.07 Å². The van der Waals surface area contributed by atoms with Crippen LogP contribution in [0.5, 0.6) is 5.75 Å². The van der Waals surface area contributed by atoms with Crippen molar-refractivity contribution >= 4 is 188 Å². The quantitative estimate of drug-likeness (QED) is 0.0758. The number of pyridine rings is 3. The summed E-state index contributed by atoms with van der Waals surface area (Å²) in [5, 5.41) is 40.1. The number of phenolic OH excluding ortho intramolecular Hbond substituents is 1. The second kappa shape index (κ2) is 38.6. The summed E-state index contributed by atoms with van der Waals surface area (Å²) in [6, 6.07) is 186. The number of fused-ring (bicyclic) bond motifs is 18. The van der Waals surface area contributed by atoms with E-state index in [4.69, 9.17) is 15.0 Å². The van der Waals surface area contributed by atoms with E-state index in [1.807, 2.05) is 237 Å². The number of hydrogen-bond donors (Lipinski definition) is 1. The van der Waals surface area contributed by atoms with Gasteiger partial charge in [0, 0.05) is 113 Å². The molecule has 0 aliphatic rings. The molecule has 148 heavy (non-hydrogen) atoms. The second-order valence-electron chi connectivity index (χ2n) is 37.9. The van der Waals surface area contributed by atoms with Gasteiger partial charge in [-0.25, -0.2) is 15.0 Å². The Balaban J connectivity index is 0.000000117. The highest BCUT2D eigenvalue weighted by molar-refractivity contribution is 7.86. The van der Waals surface area contributed by atoms with Gasteiger partial charge in [0.1, 0.15) is 5.75 Å². The summed E-state index contributed by atoms with van der Waals surface area (Å²) >= 11 is 0. The maximum atomic E-state index is 14.9. The van der Waals surface area contributed by atoms with Gasteiger partial charge >= 0.3 is 0 Å². The Morgan fingerprint density at radius 3 is 0.709 bits per heavy atom. The van der Waals surface area contributed by atoms with E-state index in [0.29, 0.717) is 0 Å². The minimum atomic E-state index is -3.05. The summed E-state index contributed by atoms with van der Waals surface area (Å²) in [4.78, 5) is 15.6. The van der Waals surface area contributed by atoms with Crippen LogP contribution in [0.15, 0.2) is 546 Å². The summed E-state index contributed by atoms with van der Waals surface area (Å²) in [6.07, 6.45) is 0. The number of aromatic hydroxyl groups is 1. The summed E-state index contributed by atoms with van der Waals surface area (Å²) in [5.74, 6) is 0.227. The lowest BCUT2D eigenvalue weighted by Crippen LogP contribution is -2.24. The van der Waals surface area contributed by atoms with Crippen molar-refractivity contribution in [1.82, 2.24) is 15.0 Å². The maximum absolute atomic E-state index is 14.9. The molecule has 700 valence electrons. The fourth-order valence-corrected chi connectivity index (χ4v) is 29.6. The molecule has 24 aromatic carbocycles. The average molecular weight is 1950 g/mol. The highest BCUT2D eigenvalue weighted by Gasteiger charge is 2.34. The Hall–Kier alpha value is -17.9. The predicted molar refractivity (Wildman–Crippen MR) is 628 cm³/mol. The summed E-state index contributed by atoms with van der Waals surface area (Å²) in [5.41, 5.74) is 18.9. The van der Waals surface area contributed by atoms with Crippen molar-refractivity contribution < 1.29 is 18.8 Å². The molecule has 3 aromatic heterocycles. The van der Waals surface area contributed by atoms with Crippen LogP contribution in [0.3, 0.4) is 0 Å². The first kappa shape index (κ1) is 91.3. The van der Waals surface area contributed by atoms with Crippen LogP contribution >= 0.6 is 21.4 Å². The molecule has 0 aliphatic carbocycles. The molecule has 27 aromatic rings. The van der Waals surface area contributed by atoms with Crippen LogP contribution in [0, 0.1) is 6.92 Å². The lowest BCUT2D eigenvalue weighted by atomic mass is 9.92. The van der Waals surface area contributed by atoms with Gasteiger partial charge in [-0.1, -0.05) is 503 Å². The number of aromatic nitrogens is 3. The van der Waals surface area contributed by atoms with Gasteiger partial charge in [0.2, 0.25) is 0 Å². The maximum Gasteiger partial charge on any atom is 0.171 e.